The molecule has 0 bridgehead atoms. The first-order valence-electron chi connectivity index (χ1n) is 2.86. The number of aromatic nitrogens is 2. The highest BCUT2D eigenvalue weighted by atomic mass is 32.1. The van der Waals surface area contributed by atoms with Crippen molar-refractivity contribution in [2.24, 2.45) is 0 Å². The van der Waals surface area contributed by atoms with E-state index in [9.17, 15) is 0 Å². The predicted molar refractivity (Wildman–Crippen MR) is 44.7 cm³/mol. The Kier molecular flexibility index (Phi) is 1.97. The van der Waals surface area contributed by atoms with Crippen molar-refractivity contribution >= 4 is 23.4 Å². The monoisotopic (exact) mass is 152 g/mol. The van der Waals surface area contributed by atoms with E-state index in [-0.39, 0.29) is 0 Å². The van der Waals surface area contributed by atoms with Crippen molar-refractivity contribution in [1.82, 2.24) is 8.75 Å². The number of allylic oxidation sites excluding steroid dienone is 1. The van der Waals surface area contributed by atoms with E-state index in [0.29, 0.717) is 0 Å². The summed E-state index contributed by atoms with van der Waals surface area (Å²) in [6.45, 7) is 9.28. The largest absolute Gasteiger partial charge is 0.173 e. The molecule has 3 heteroatoms. The summed E-state index contributed by atoms with van der Waals surface area (Å²) in [6, 6.07) is 0. The molecule has 0 aromatic carbocycles. The Labute approximate surface area is 64.2 Å². The summed E-state index contributed by atoms with van der Waals surface area (Å²) in [6.07, 6.45) is 1.69. The van der Waals surface area contributed by atoms with Gasteiger partial charge in [0.05, 0.1) is 11.7 Å². The maximum Gasteiger partial charge on any atom is 0.107 e. The molecule has 2 nitrogen and oxygen atoms in total. The number of rotatable bonds is 2. The Morgan fingerprint density at radius 1 is 1.60 bits per heavy atom. The topological polar surface area (TPSA) is 25.8 Å². The number of nitrogens with zero attached hydrogens (tertiary/aromatic N) is 2. The zero-order valence-corrected chi connectivity index (χ0v) is 6.61. The highest BCUT2D eigenvalue weighted by Gasteiger charge is 2.03. The molecule has 0 aliphatic carbocycles. The molecular weight excluding hydrogens is 144 g/mol. The Bertz CT molecular complexity index is 262. The van der Waals surface area contributed by atoms with Crippen LogP contribution in [0, 0.1) is 0 Å². The van der Waals surface area contributed by atoms with Crippen LogP contribution in [0.3, 0.4) is 0 Å². The van der Waals surface area contributed by atoms with Gasteiger partial charge in [0.25, 0.3) is 0 Å². The van der Waals surface area contributed by atoms with Gasteiger partial charge in [-0.25, -0.2) is 0 Å². The van der Waals surface area contributed by atoms with Crippen LogP contribution in [-0.2, 0) is 0 Å². The van der Waals surface area contributed by atoms with Gasteiger partial charge >= 0.3 is 0 Å². The predicted octanol–water partition coefficient (Wildman–Crippen LogP) is 2.21. The standard InChI is InChI=1S/C7H8N2S/c1-4-6-7(5(2)3)9-10-8-6/h4H,1-2H2,3H3. The molecule has 1 rings (SSSR count). The van der Waals surface area contributed by atoms with Gasteiger partial charge in [-0.05, 0) is 18.6 Å². The average Bonchev–Trinajstić information content (AvgIpc) is 2.33. The molecule has 10 heavy (non-hydrogen) atoms. The third-order valence-electron chi connectivity index (χ3n) is 1.11. The van der Waals surface area contributed by atoms with Crippen molar-refractivity contribution in [3.05, 3.63) is 24.5 Å². The van der Waals surface area contributed by atoms with Crippen LogP contribution in [0.15, 0.2) is 13.2 Å². The SMILES string of the molecule is C=Cc1nsnc1C(=C)C. The quantitative estimate of drug-likeness (QED) is 0.649. The molecule has 0 aliphatic heterocycles. The smallest absolute Gasteiger partial charge is 0.107 e. The van der Waals surface area contributed by atoms with E-state index in [0.717, 1.165) is 17.0 Å². The van der Waals surface area contributed by atoms with Crippen LogP contribution in [0.25, 0.3) is 11.6 Å². The van der Waals surface area contributed by atoms with Gasteiger partial charge in [0.15, 0.2) is 0 Å². The van der Waals surface area contributed by atoms with Crippen LogP contribution < -0.4 is 0 Å². The molecule has 0 N–H and O–H groups in total. The summed E-state index contributed by atoms with van der Waals surface area (Å²) in [7, 11) is 0. The molecule has 0 spiro atoms. The molecule has 0 saturated carbocycles. The lowest BCUT2D eigenvalue weighted by molar-refractivity contribution is 1.39. The second-order valence-electron chi connectivity index (χ2n) is 1.98. The maximum absolute atomic E-state index is 4.05. The van der Waals surface area contributed by atoms with E-state index in [1.807, 2.05) is 6.92 Å². The van der Waals surface area contributed by atoms with Crippen LogP contribution in [0.2, 0.25) is 0 Å². The second kappa shape index (κ2) is 2.75. The fourth-order valence-corrected chi connectivity index (χ4v) is 1.25. The van der Waals surface area contributed by atoms with Crippen LogP contribution in [-0.4, -0.2) is 8.75 Å². The van der Waals surface area contributed by atoms with E-state index >= 15 is 0 Å². The van der Waals surface area contributed by atoms with E-state index < -0.39 is 0 Å². The van der Waals surface area contributed by atoms with Gasteiger partial charge in [0.2, 0.25) is 0 Å². The summed E-state index contributed by atoms with van der Waals surface area (Å²) in [4.78, 5) is 0. The van der Waals surface area contributed by atoms with Crippen LogP contribution >= 0.6 is 11.7 Å². The Balaban J connectivity index is 3.13. The summed E-state index contributed by atoms with van der Waals surface area (Å²) >= 11 is 1.19. The summed E-state index contributed by atoms with van der Waals surface area (Å²) in [5.74, 6) is 0. The molecule has 1 heterocycles. The molecule has 0 saturated heterocycles. The second-order valence-corrected chi connectivity index (χ2v) is 2.51. The van der Waals surface area contributed by atoms with Crippen LogP contribution in [0.1, 0.15) is 18.3 Å². The zero-order valence-electron chi connectivity index (χ0n) is 5.79. The van der Waals surface area contributed by atoms with Gasteiger partial charge < -0.3 is 0 Å². The van der Waals surface area contributed by atoms with Crippen LogP contribution in [0.4, 0.5) is 0 Å². The van der Waals surface area contributed by atoms with E-state index in [2.05, 4.69) is 21.9 Å². The molecule has 0 aliphatic rings. The maximum atomic E-state index is 4.05. The highest BCUT2D eigenvalue weighted by Crippen LogP contribution is 2.14. The minimum absolute atomic E-state index is 0.831. The fourth-order valence-electron chi connectivity index (χ4n) is 0.626. The van der Waals surface area contributed by atoms with Crippen molar-refractivity contribution in [2.45, 2.75) is 6.92 Å². The molecule has 1 aromatic rings. The van der Waals surface area contributed by atoms with E-state index in [4.69, 9.17) is 0 Å². The minimum Gasteiger partial charge on any atom is -0.173 e. The van der Waals surface area contributed by atoms with Gasteiger partial charge in [0, 0.05) is 0 Å². The normalized spacial score (nSPS) is 9.30. The third kappa shape index (κ3) is 1.14. The van der Waals surface area contributed by atoms with Crippen molar-refractivity contribution in [2.75, 3.05) is 0 Å². The summed E-state index contributed by atoms with van der Waals surface area (Å²) in [5, 5.41) is 0. The van der Waals surface area contributed by atoms with Gasteiger partial charge in [-0.2, -0.15) is 8.75 Å². The van der Waals surface area contributed by atoms with Crippen molar-refractivity contribution < 1.29 is 0 Å². The molecule has 0 amide bonds. The Morgan fingerprint density at radius 2 is 2.30 bits per heavy atom. The average molecular weight is 152 g/mol. The van der Waals surface area contributed by atoms with E-state index in [1.165, 1.54) is 11.7 Å². The van der Waals surface area contributed by atoms with Gasteiger partial charge in [-0.15, -0.1) is 0 Å². The lowest BCUT2D eigenvalue weighted by atomic mass is 10.2. The first kappa shape index (κ1) is 7.15. The lowest BCUT2D eigenvalue weighted by Gasteiger charge is -1.90. The Hall–Kier alpha value is -0.960. The molecule has 0 unspecified atom stereocenters. The zero-order chi connectivity index (χ0) is 7.56. The third-order valence-corrected chi connectivity index (χ3v) is 1.65. The Morgan fingerprint density at radius 3 is 2.70 bits per heavy atom. The van der Waals surface area contributed by atoms with E-state index in [1.54, 1.807) is 6.08 Å². The van der Waals surface area contributed by atoms with Gasteiger partial charge in [0.1, 0.15) is 11.4 Å². The van der Waals surface area contributed by atoms with Crippen molar-refractivity contribution in [1.29, 1.82) is 0 Å². The first-order valence-corrected chi connectivity index (χ1v) is 3.59. The van der Waals surface area contributed by atoms with Crippen LogP contribution in [0.5, 0.6) is 0 Å². The molecule has 1 aromatic heterocycles. The molecule has 0 atom stereocenters. The molecule has 52 valence electrons. The first-order chi connectivity index (χ1) is 4.75. The van der Waals surface area contributed by atoms with Gasteiger partial charge in [-0.3, -0.25) is 0 Å². The number of hydrogen-bond acceptors (Lipinski definition) is 3. The number of hydrogen-bond donors (Lipinski definition) is 0. The minimum atomic E-state index is 0.831. The molecular formula is C7H8N2S. The lowest BCUT2D eigenvalue weighted by Crippen LogP contribution is -1.80. The molecule has 0 radical (unpaired) electrons. The fraction of sp³-hybridized carbons (Fsp3) is 0.143. The molecule has 0 fully saturated rings. The summed E-state index contributed by atoms with van der Waals surface area (Å²) < 4.78 is 8.05. The summed E-state index contributed by atoms with van der Waals surface area (Å²) in [5.41, 5.74) is 2.63. The van der Waals surface area contributed by atoms with Gasteiger partial charge in [-0.1, -0.05) is 13.2 Å². The van der Waals surface area contributed by atoms with Crippen molar-refractivity contribution in [3.63, 3.8) is 0 Å². The van der Waals surface area contributed by atoms with Crippen molar-refractivity contribution in [3.8, 4) is 0 Å². The highest BCUT2D eigenvalue weighted by molar-refractivity contribution is 6.99.